The molecule has 29 heavy (non-hydrogen) atoms. The van der Waals surface area contributed by atoms with Gasteiger partial charge < -0.3 is 10.6 Å². The van der Waals surface area contributed by atoms with Crippen LogP contribution in [0.1, 0.15) is 43.6 Å². The zero-order valence-electron chi connectivity index (χ0n) is 18.0. The van der Waals surface area contributed by atoms with Gasteiger partial charge in [0.15, 0.2) is 11.8 Å². The fourth-order valence-electron chi connectivity index (χ4n) is 3.77. The first kappa shape index (κ1) is 23.6. The normalized spacial score (nSPS) is 17.2. The van der Waals surface area contributed by atoms with E-state index in [9.17, 15) is 0 Å². The lowest BCUT2D eigenvalue weighted by Gasteiger charge is -2.24. The molecule has 0 aliphatic carbocycles. The minimum atomic E-state index is 0. The van der Waals surface area contributed by atoms with Crippen molar-refractivity contribution in [2.45, 2.75) is 53.1 Å². The van der Waals surface area contributed by atoms with Crippen molar-refractivity contribution in [1.82, 2.24) is 30.3 Å². The molecule has 2 aromatic heterocycles. The molecule has 160 valence electrons. The minimum absolute atomic E-state index is 0. The molecule has 0 amide bonds. The molecule has 1 aliphatic rings. The first-order valence-corrected chi connectivity index (χ1v) is 10.4. The second-order valence-electron chi connectivity index (χ2n) is 7.36. The van der Waals surface area contributed by atoms with Gasteiger partial charge in [0.05, 0.1) is 12.2 Å². The molecule has 3 heterocycles. The molecule has 1 atom stereocenters. The molecule has 2 aromatic rings. The first-order chi connectivity index (χ1) is 13.6. The summed E-state index contributed by atoms with van der Waals surface area (Å²) in [6.45, 7) is 13.1. The third-order valence-corrected chi connectivity index (χ3v) is 5.21. The van der Waals surface area contributed by atoms with Crippen molar-refractivity contribution >= 4 is 29.9 Å². The number of halogens is 1. The third kappa shape index (κ3) is 6.40. The van der Waals surface area contributed by atoms with Crippen LogP contribution in [0.3, 0.4) is 0 Å². The number of aliphatic imine (C=N–C) groups is 1. The standard InChI is InChI=1S/C21H33N7.HI/c1-5-22-21(25-15-19-8-7-11-27(19)6-2)24-14-18-9-10-20(23-13-18)28-17(4)12-16(3)26-28;/h9-10,12-13,19H,5-8,11,14-15H2,1-4H3,(H2,22,24,25);1H. The van der Waals surface area contributed by atoms with Crippen LogP contribution in [-0.4, -0.2) is 57.8 Å². The van der Waals surface area contributed by atoms with E-state index in [1.54, 1.807) is 0 Å². The summed E-state index contributed by atoms with van der Waals surface area (Å²) in [7, 11) is 0. The molecule has 1 aliphatic heterocycles. The van der Waals surface area contributed by atoms with Crippen LogP contribution >= 0.6 is 24.0 Å². The molecule has 1 saturated heterocycles. The van der Waals surface area contributed by atoms with Gasteiger partial charge in [0.2, 0.25) is 0 Å². The van der Waals surface area contributed by atoms with Gasteiger partial charge in [-0.1, -0.05) is 13.0 Å². The number of likely N-dealkylation sites (N-methyl/N-ethyl adjacent to an activating group) is 1. The summed E-state index contributed by atoms with van der Waals surface area (Å²) >= 11 is 0. The molecule has 0 aromatic carbocycles. The van der Waals surface area contributed by atoms with Crippen molar-refractivity contribution in [2.75, 3.05) is 26.2 Å². The molecule has 0 saturated carbocycles. The number of hydrogen-bond donors (Lipinski definition) is 2. The molecule has 0 spiro atoms. The summed E-state index contributed by atoms with van der Waals surface area (Å²) in [5.41, 5.74) is 3.17. The summed E-state index contributed by atoms with van der Waals surface area (Å²) in [5.74, 6) is 1.71. The van der Waals surface area contributed by atoms with Crippen LogP contribution in [0.25, 0.3) is 5.82 Å². The van der Waals surface area contributed by atoms with E-state index in [4.69, 9.17) is 4.99 Å². The minimum Gasteiger partial charge on any atom is -0.357 e. The van der Waals surface area contributed by atoms with Crippen LogP contribution in [0.15, 0.2) is 29.4 Å². The van der Waals surface area contributed by atoms with E-state index in [1.807, 2.05) is 30.8 Å². The van der Waals surface area contributed by atoms with E-state index in [2.05, 4.69) is 51.6 Å². The van der Waals surface area contributed by atoms with E-state index in [0.717, 1.165) is 48.4 Å². The lowest BCUT2D eigenvalue weighted by atomic mass is 10.2. The number of nitrogens with zero attached hydrogens (tertiary/aromatic N) is 5. The van der Waals surface area contributed by atoms with Gasteiger partial charge in [-0.15, -0.1) is 24.0 Å². The van der Waals surface area contributed by atoms with Crippen molar-refractivity contribution in [2.24, 2.45) is 4.99 Å². The monoisotopic (exact) mass is 511 g/mol. The number of nitrogens with one attached hydrogen (secondary N) is 2. The highest BCUT2D eigenvalue weighted by atomic mass is 127. The lowest BCUT2D eigenvalue weighted by molar-refractivity contribution is 0.267. The predicted molar refractivity (Wildman–Crippen MR) is 129 cm³/mol. The van der Waals surface area contributed by atoms with Gasteiger partial charge in [0, 0.05) is 31.0 Å². The number of guanidine groups is 1. The van der Waals surface area contributed by atoms with Gasteiger partial charge in [0.25, 0.3) is 0 Å². The Labute approximate surface area is 191 Å². The van der Waals surface area contributed by atoms with Crippen LogP contribution in [-0.2, 0) is 6.54 Å². The van der Waals surface area contributed by atoms with Gasteiger partial charge in [-0.2, -0.15) is 5.10 Å². The number of rotatable bonds is 7. The van der Waals surface area contributed by atoms with Crippen molar-refractivity contribution in [3.63, 3.8) is 0 Å². The average Bonchev–Trinajstić information content (AvgIpc) is 3.29. The summed E-state index contributed by atoms with van der Waals surface area (Å²) in [6.07, 6.45) is 4.44. The Bertz CT molecular complexity index is 785. The highest BCUT2D eigenvalue weighted by molar-refractivity contribution is 14.0. The Balaban J connectivity index is 0.00000300. The second-order valence-corrected chi connectivity index (χ2v) is 7.36. The maximum atomic E-state index is 4.73. The van der Waals surface area contributed by atoms with Gasteiger partial charge in [-0.3, -0.25) is 4.90 Å². The van der Waals surface area contributed by atoms with Gasteiger partial charge in [-0.05, 0) is 64.4 Å². The molecule has 0 radical (unpaired) electrons. The number of pyridine rings is 1. The molecular formula is C21H34IN7. The highest BCUT2D eigenvalue weighted by Gasteiger charge is 2.22. The summed E-state index contributed by atoms with van der Waals surface area (Å²) in [6, 6.07) is 6.73. The molecule has 1 fully saturated rings. The van der Waals surface area contributed by atoms with Crippen LogP contribution in [0.4, 0.5) is 0 Å². The Morgan fingerprint density at radius 3 is 2.69 bits per heavy atom. The molecule has 0 bridgehead atoms. The maximum absolute atomic E-state index is 4.73. The van der Waals surface area contributed by atoms with E-state index < -0.39 is 0 Å². The van der Waals surface area contributed by atoms with E-state index in [0.29, 0.717) is 12.6 Å². The number of aryl methyl sites for hydroxylation is 2. The maximum Gasteiger partial charge on any atom is 0.191 e. The number of hydrogen-bond acceptors (Lipinski definition) is 4. The molecule has 3 rings (SSSR count). The van der Waals surface area contributed by atoms with Gasteiger partial charge in [0.1, 0.15) is 0 Å². The molecule has 8 heteroatoms. The smallest absolute Gasteiger partial charge is 0.191 e. The average molecular weight is 511 g/mol. The Morgan fingerprint density at radius 1 is 1.24 bits per heavy atom. The zero-order valence-corrected chi connectivity index (χ0v) is 20.3. The van der Waals surface area contributed by atoms with Crippen LogP contribution in [0.5, 0.6) is 0 Å². The molecule has 2 N–H and O–H groups in total. The fourth-order valence-corrected chi connectivity index (χ4v) is 3.77. The fraction of sp³-hybridized carbons (Fsp3) is 0.571. The van der Waals surface area contributed by atoms with E-state index >= 15 is 0 Å². The van der Waals surface area contributed by atoms with Crippen LogP contribution in [0.2, 0.25) is 0 Å². The van der Waals surface area contributed by atoms with Gasteiger partial charge in [-0.25, -0.2) is 14.7 Å². The summed E-state index contributed by atoms with van der Waals surface area (Å²) in [4.78, 5) is 11.8. The van der Waals surface area contributed by atoms with E-state index in [1.165, 1.54) is 19.4 Å². The SMILES string of the molecule is CCNC(=NCc1ccc(-n2nc(C)cc2C)nc1)NCC1CCCN1CC.I. The molecular weight excluding hydrogens is 477 g/mol. The first-order valence-electron chi connectivity index (χ1n) is 10.4. The lowest BCUT2D eigenvalue weighted by Crippen LogP contribution is -2.44. The van der Waals surface area contributed by atoms with Crippen molar-refractivity contribution in [1.29, 1.82) is 0 Å². The van der Waals surface area contributed by atoms with Gasteiger partial charge >= 0.3 is 0 Å². The largest absolute Gasteiger partial charge is 0.357 e. The van der Waals surface area contributed by atoms with Crippen molar-refractivity contribution in [3.8, 4) is 5.82 Å². The Hall–Kier alpha value is -1.68. The van der Waals surface area contributed by atoms with Crippen molar-refractivity contribution in [3.05, 3.63) is 41.3 Å². The summed E-state index contributed by atoms with van der Waals surface area (Å²) in [5, 5.41) is 11.3. The highest BCUT2D eigenvalue weighted by Crippen LogP contribution is 2.15. The zero-order chi connectivity index (χ0) is 19.9. The number of likely N-dealkylation sites (tertiary alicyclic amines) is 1. The summed E-state index contributed by atoms with van der Waals surface area (Å²) < 4.78 is 1.87. The van der Waals surface area contributed by atoms with Crippen molar-refractivity contribution < 1.29 is 0 Å². The van der Waals surface area contributed by atoms with E-state index in [-0.39, 0.29) is 24.0 Å². The third-order valence-electron chi connectivity index (χ3n) is 5.21. The predicted octanol–water partition coefficient (Wildman–Crippen LogP) is 3.04. The number of aromatic nitrogens is 3. The Kier molecular flexibility index (Phi) is 9.35. The van der Waals surface area contributed by atoms with Crippen LogP contribution in [0, 0.1) is 13.8 Å². The topological polar surface area (TPSA) is 70.4 Å². The second kappa shape index (κ2) is 11.5. The van der Waals surface area contributed by atoms with Crippen LogP contribution < -0.4 is 10.6 Å². The Morgan fingerprint density at radius 2 is 2.07 bits per heavy atom. The quantitative estimate of drug-likeness (QED) is 0.340. The molecule has 1 unspecified atom stereocenters. The molecule has 7 nitrogen and oxygen atoms in total.